The van der Waals surface area contributed by atoms with Gasteiger partial charge in [0.2, 0.25) is 21.9 Å². The number of carbonyl (C=O) groups excluding carboxylic acids is 1. The molecule has 1 amide bonds. The van der Waals surface area contributed by atoms with E-state index in [9.17, 15) is 13.2 Å². The summed E-state index contributed by atoms with van der Waals surface area (Å²) in [6.45, 7) is 1.04. The quantitative estimate of drug-likeness (QED) is 0.455. The SMILES string of the molecule is Nc1nnc(SCc2ccccc2)n1CC(=O)Nc1ccc(S(=O)(=O)N2CCCCCC2)cc1. The van der Waals surface area contributed by atoms with Gasteiger partial charge < -0.3 is 11.1 Å². The largest absolute Gasteiger partial charge is 0.368 e. The molecule has 1 aromatic heterocycles. The van der Waals surface area contributed by atoms with Crippen LogP contribution < -0.4 is 11.1 Å². The number of anilines is 2. The topological polar surface area (TPSA) is 123 Å². The van der Waals surface area contributed by atoms with Crippen LogP contribution in [0.15, 0.2) is 64.6 Å². The Morgan fingerprint density at radius 1 is 0.971 bits per heavy atom. The average molecular weight is 501 g/mol. The fraction of sp³-hybridized carbons (Fsp3) is 0.348. The van der Waals surface area contributed by atoms with Crippen LogP contribution in [0.1, 0.15) is 31.2 Å². The van der Waals surface area contributed by atoms with Crippen LogP contribution in [0.25, 0.3) is 0 Å². The number of aromatic nitrogens is 3. The monoisotopic (exact) mass is 500 g/mol. The normalized spacial score (nSPS) is 15.1. The van der Waals surface area contributed by atoms with E-state index in [1.807, 2.05) is 30.3 Å². The minimum Gasteiger partial charge on any atom is -0.368 e. The summed E-state index contributed by atoms with van der Waals surface area (Å²) in [5, 5.41) is 11.3. The number of nitrogens with one attached hydrogen (secondary N) is 1. The van der Waals surface area contributed by atoms with E-state index >= 15 is 0 Å². The summed E-state index contributed by atoms with van der Waals surface area (Å²) in [6.07, 6.45) is 3.87. The average Bonchev–Trinajstić information content (AvgIpc) is 3.03. The van der Waals surface area contributed by atoms with Gasteiger partial charge in [-0.2, -0.15) is 4.31 Å². The van der Waals surface area contributed by atoms with E-state index in [4.69, 9.17) is 5.73 Å². The van der Waals surface area contributed by atoms with Gasteiger partial charge in [0.15, 0.2) is 5.16 Å². The minimum absolute atomic E-state index is 0.0518. The third kappa shape index (κ3) is 5.96. The number of nitrogens with zero attached hydrogens (tertiary/aromatic N) is 4. The predicted molar refractivity (Wildman–Crippen MR) is 133 cm³/mol. The highest BCUT2D eigenvalue weighted by Crippen LogP contribution is 2.24. The highest BCUT2D eigenvalue weighted by atomic mass is 32.2. The van der Waals surface area contributed by atoms with Crippen LogP contribution in [0.4, 0.5) is 11.6 Å². The molecule has 0 bridgehead atoms. The first kappa shape index (κ1) is 24.2. The number of thioether (sulfide) groups is 1. The number of rotatable bonds is 8. The number of carbonyl (C=O) groups is 1. The van der Waals surface area contributed by atoms with Crippen molar-refractivity contribution in [3.05, 3.63) is 60.2 Å². The first-order chi connectivity index (χ1) is 16.4. The summed E-state index contributed by atoms with van der Waals surface area (Å²) in [4.78, 5) is 12.9. The number of hydrogen-bond acceptors (Lipinski definition) is 7. The van der Waals surface area contributed by atoms with E-state index < -0.39 is 10.0 Å². The number of nitrogens with two attached hydrogens (primary N) is 1. The van der Waals surface area contributed by atoms with Crippen LogP contribution in [0, 0.1) is 0 Å². The third-order valence-electron chi connectivity index (χ3n) is 5.60. The standard InChI is InChI=1S/C23H28N6O3S2/c24-22-26-27-23(33-17-18-8-4-3-5-9-18)29(22)16-21(30)25-19-10-12-20(13-11-19)34(31,32)28-14-6-1-2-7-15-28/h3-5,8-13H,1-2,6-7,14-17H2,(H2,24,26)(H,25,30). The van der Waals surface area contributed by atoms with Gasteiger partial charge in [-0.05, 0) is 42.7 Å². The number of amides is 1. The Morgan fingerprint density at radius 3 is 2.32 bits per heavy atom. The number of benzene rings is 2. The molecular weight excluding hydrogens is 472 g/mol. The molecule has 3 N–H and O–H groups in total. The van der Waals surface area contributed by atoms with E-state index in [0.29, 0.717) is 29.7 Å². The Labute approximate surface area is 203 Å². The van der Waals surface area contributed by atoms with Crippen molar-refractivity contribution in [2.45, 2.75) is 48.0 Å². The molecule has 0 unspecified atom stereocenters. The lowest BCUT2D eigenvalue weighted by Crippen LogP contribution is -2.31. The van der Waals surface area contributed by atoms with Crippen LogP contribution in [0.5, 0.6) is 0 Å². The van der Waals surface area contributed by atoms with Crippen LogP contribution in [0.3, 0.4) is 0 Å². The lowest BCUT2D eigenvalue weighted by Gasteiger charge is -2.20. The van der Waals surface area contributed by atoms with Gasteiger partial charge in [-0.1, -0.05) is 54.9 Å². The molecule has 0 aliphatic carbocycles. The van der Waals surface area contributed by atoms with Gasteiger partial charge >= 0.3 is 0 Å². The van der Waals surface area contributed by atoms with E-state index in [-0.39, 0.29) is 23.3 Å². The van der Waals surface area contributed by atoms with Gasteiger partial charge in [0.25, 0.3) is 0 Å². The maximum absolute atomic E-state index is 12.9. The maximum atomic E-state index is 12.9. The first-order valence-electron chi connectivity index (χ1n) is 11.2. The van der Waals surface area contributed by atoms with E-state index in [1.54, 1.807) is 21.0 Å². The molecule has 0 saturated carbocycles. The molecule has 34 heavy (non-hydrogen) atoms. The Bertz CT molecular complexity index is 1210. The molecule has 0 radical (unpaired) electrons. The molecule has 180 valence electrons. The zero-order valence-electron chi connectivity index (χ0n) is 18.8. The van der Waals surface area contributed by atoms with Gasteiger partial charge in [-0.15, -0.1) is 10.2 Å². The Hall–Kier alpha value is -2.89. The molecular formula is C23H28N6O3S2. The van der Waals surface area contributed by atoms with Gasteiger partial charge in [-0.3, -0.25) is 9.36 Å². The zero-order chi connectivity index (χ0) is 24.0. The lowest BCUT2D eigenvalue weighted by molar-refractivity contribution is -0.116. The van der Waals surface area contributed by atoms with Gasteiger partial charge in [0.05, 0.1) is 4.90 Å². The number of sulfonamides is 1. The molecule has 4 rings (SSSR count). The van der Waals surface area contributed by atoms with Crippen molar-refractivity contribution in [3.8, 4) is 0 Å². The van der Waals surface area contributed by atoms with Gasteiger partial charge in [-0.25, -0.2) is 8.42 Å². The van der Waals surface area contributed by atoms with E-state index in [0.717, 1.165) is 31.2 Å². The molecule has 1 aliphatic rings. The van der Waals surface area contributed by atoms with Crippen LogP contribution in [-0.4, -0.2) is 46.5 Å². The molecule has 11 heteroatoms. The lowest BCUT2D eigenvalue weighted by atomic mass is 10.2. The molecule has 2 aromatic carbocycles. The minimum atomic E-state index is -3.53. The third-order valence-corrected chi connectivity index (χ3v) is 8.55. The fourth-order valence-corrected chi connectivity index (χ4v) is 6.18. The predicted octanol–water partition coefficient (Wildman–Crippen LogP) is 3.36. The molecule has 1 fully saturated rings. The Balaban J connectivity index is 1.38. The Morgan fingerprint density at radius 2 is 1.65 bits per heavy atom. The van der Waals surface area contributed by atoms with E-state index in [1.165, 1.54) is 23.9 Å². The number of hydrogen-bond donors (Lipinski definition) is 2. The van der Waals surface area contributed by atoms with Crippen molar-refractivity contribution >= 4 is 39.3 Å². The molecule has 0 atom stereocenters. The molecule has 2 heterocycles. The molecule has 3 aromatic rings. The number of nitrogen functional groups attached to an aromatic ring is 1. The highest BCUT2D eigenvalue weighted by Gasteiger charge is 2.25. The van der Waals surface area contributed by atoms with Crippen molar-refractivity contribution in [2.75, 3.05) is 24.1 Å². The smallest absolute Gasteiger partial charge is 0.244 e. The van der Waals surface area contributed by atoms with Gasteiger partial charge in [0, 0.05) is 24.5 Å². The molecule has 9 nitrogen and oxygen atoms in total. The molecule has 1 aliphatic heterocycles. The van der Waals surface area contributed by atoms with Crippen molar-refractivity contribution < 1.29 is 13.2 Å². The van der Waals surface area contributed by atoms with Crippen LogP contribution >= 0.6 is 11.8 Å². The second-order valence-corrected chi connectivity index (χ2v) is 11.0. The second kappa shape index (κ2) is 11.0. The summed E-state index contributed by atoms with van der Waals surface area (Å²) in [5.74, 6) is 0.522. The summed E-state index contributed by atoms with van der Waals surface area (Å²) in [5.41, 5.74) is 7.56. The zero-order valence-corrected chi connectivity index (χ0v) is 20.4. The first-order valence-corrected chi connectivity index (χ1v) is 13.6. The second-order valence-electron chi connectivity index (χ2n) is 8.09. The van der Waals surface area contributed by atoms with Crippen LogP contribution in [0.2, 0.25) is 0 Å². The molecule has 0 spiro atoms. The fourth-order valence-electron chi connectivity index (χ4n) is 3.76. The maximum Gasteiger partial charge on any atom is 0.244 e. The van der Waals surface area contributed by atoms with E-state index in [2.05, 4.69) is 15.5 Å². The van der Waals surface area contributed by atoms with Crippen molar-refractivity contribution in [1.29, 1.82) is 0 Å². The summed E-state index contributed by atoms with van der Waals surface area (Å²) in [6, 6.07) is 16.2. The van der Waals surface area contributed by atoms with Crippen molar-refractivity contribution in [2.24, 2.45) is 0 Å². The van der Waals surface area contributed by atoms with Crippen molar-refractivity contribution in [1.82, 2.24) is 19.1 Å². The highest BCUT2D eigenvalue weighted by molar-refractivity contribution is 7.98. The van der Waals surface area contributed by atoms with Crippen LogP contribution in [-0.2, 0) is 27.1 Å². The summed E-state index contributed by atoms with van der Waals surface area (Å²) >= 11 is 1.45. The van der Waals surface area contributed by atoms with Crippen molar-refractivity contribution in [3.63, 3.8) is 0 Å². The summed E-state index contributed by atoms with van der Waals surface area (Å²) < 4.78 is 29.0. The Kier molecular flexibility index (Phi) is 7.86. The van der Waals surface area contributed by atoms with Gasteiger partial charge in [0.1, 0.15) is 6.54 Å². The summed E-state index contributed by atoms with van der Waals surface area (Å²) in [7, 11) is -3.53. The molecule has 1 saturated heterocycles.